The molecule has 4 nitrogen and oxygen atoms in total. The molecule has 4 heteroatoms. The van der Waals surface area contributed by atoms with E-state index in [0.717, 1.165) is 19.3 Å². The third kappa shape index (κ3) is 6.91. The summed E-state index contributed by atoms with van der Waals surface area (Å²) in [4.78, 5) is 23.0. The second-order valence-electron chi connectivity index (χ2n) is 7.57. The van der Waals surface area contributed by atoms with Crippen molar-refractivity contribution in [3.05, 3.63) is 36.5 Å². The highest BCUT2D eigenvalue weighted by atomic mass is 16.4. The maximum absolute atomic E-state index is 12.4. The zero-order valence-corrected chi connectivity index (χ0v) is 16.4. The van der Waals surface area contributed by atoms with Gasteiger partial charge in [-0.2, -0.15) is 0 Å². The third-order valence-corrected chi connectivity index (χ3v) is 5.32. The molecule has 0 spiro atoms. The quantitative estimate of drug-likeness (QED) is 0.523. The first kappa shape index (κ1) is 22.4. The molecule has 2 unspecified atom stereocenters. The first-order chi connectivity index (χ1) is 12.3. The Morgan fingerprint density at radius 1 is 1.31 bits per heavy atom. The lowest BCUT2D eigenvalue weighted by Gasteiger charge is -2.27. The van der Waals surface area contributed by atoms with Gasteiger partial charge in [-0.3, -0.25) is 4.79 Å². The number of carboxylic acids is 1. The van der Waals surface area contributed by atoms with Crippen molar-refractivity contribution in [2.24, 2.45) is 17.3 Å². The number of hydrogen-bond acceptors (Lipinski definition) is 3. The number of aliphatic hydroxyl groups is 1. The predicted molar refractivity (Wildman–Crippen MR) is 105 cm³/mol. The summed E-state index contributed by atoms with van der Waals surface area (Å²) < 4.78 is 0. The normalized spacial score (nSPS) is 26.3. The Morgan fingerprint density at radius 3 is 2.69 bits per heavy atom. The lowest BCUT2D eigenvalue weighted by atomic mass is 9.75. The molecule has 0 aliphatic heterocycles. The predicted octanol–water partition coefficient (Wildman–Crippen LogP) is 4.69. The summed E-state index contributed by atoms with van der Waals surface area (Å²) in [7, 11) is 0. The Labute approximate surface area is 157 Å². The van der Waals surface area contributed by atoms with Crippen LogP contribution in [0, 0.1) is 17.3 Å². The zero-order valence-electron chi connectivity index (χ0n) is 16.4. The lowest BCUT2D eigenvalue weighted by molar-refractivity contribution is -0.146. The number of carboxylic acid groups (broad SMARTS) is 1. The zero-order chi connectivity index (χ0) is 19.6. The van der Waals surface area contributed by atoms with Crippen LogP contribution in [0.1, 0.15) is 65.7 Å². The van der Waals surface area contributed by atoms with Crippen LogP contribution in [0.25, 0.3) is 0 Å². The Bertz CT molecular complexity index is 546. The van der Waals surface area contributed by atoms with E-state index in [-0.39, 0.29) is 17.8 Å². The van der Waals surface area contributed by atoms with Crippen LogP contribution >= 0.6 is 0 Å². The largest absolute Gasteiger partial charge is 0.479 e. The minimum absolute atomic E-state index is 0.197. The summed E-state index contributed by atoms with van der Waals surface area (Å²) in [5.74, 6) is -0.169. The Hall–Kier alpha value is -1.68. The van der Waals surface area contributed by atoms with Gasteiger partial charge < -0.3 is 10.2 Å². The van der Waals surface area contributed by atoms with Gasteiger partial charge in [-0.05, 0) is 50.4 Å². The van der Waals surface area contributed by atoms with Crippen LogP contribution in [0.2, 0.25) is 0 Å². The van der Waals surface area contributed by atoms with Gasteiger partial charge in [0, 0.05) is 11.8 Å². The van der Waals surface area contributed by atoms with Crippen LogP contribution in [0.4, 0.5) is 0 Å². The van der Waals surface area contributed by atoms with Gasteiger partial charge in [0.05, 0.1) is 0 Å². The molecular formula is C22H34O4. The number of hydrogen-bond donors (Lipinski definition) is 2. The number of aliphatic hydroxyl groups excluding tert-OH is 1. The fraction of sp³-hybridized carbons (Fsp3) is 0.636. The van der Waals surface area contributed by atoms with E-state index in [1.54, 1.807) is 0 Å². The number of aliphatic carboxylic acids is 1. The molecule has 146 valence electrons. The number of Topliss-reactive ketones (excluding diaryl/α,β-unsaturated/α-hetero) is 1. The van der Waals surface area contributed by atoms with Crippen molar-refractivity contribution in [1.82, 2.24) is 0 Å². The molecule has 0 radical (unpaired) electrons. The molecule has 0 amide bonds. The van der Waals surface area contributed by atoms with Gasteiger partial charge in [0.1, 0.15) is 5.78 Å². The van der Waals surface area contributed by atoms with Crippen molar-refractivity contribution >= 4 is 11.8 Å². The average Bonchev–Trinajstić information content (AvgIpc) is 2.87. The second kappa shape index (κ2) is 11.1. The van der Waals surface area contributed by atoms with Crippen molar-refractivity contribution in [3.63, 3.8) is 0 Å². The van der Waals surface area contributed by atoms with Crippen molar-refractivity contribution in [2.45, 2.75) is 71.8 Å². The molecule has 0 saturated heterocycles. The average molecular weight is 363 g/mol. The summed E-state index contributed by atoms with van der Waals surface area (Å²) in [5, 5.41) is 17.9. The second-order valence-corrected chi connectivity index (χ2v) is 7.57. The van der Waals surface area contributed by atoms with E-state index >= 15 is 0 Å². The maximum Gasteiger partial charge on any atom is 0.332 e. The van der Waals surface area contributed by atoms with Gasteiger partial charge in [0.25, 0.3) is 0 Å². The molecule has 1 saturated carbocycles. The first-order valence-corrected chi connectivity index (χ1v) is 9.73. The lowest BCUT2D eigenvalue weighted by Crippen LogP contribution is -2.27. The number of rotatable bonds is 11. The van der Waals surface area contributed by atoms with E-state index in [9.17, 15) is 14.7 Å². The fourth-order valence-corrected chi connectivity index (χ4v) is 3.37. The third-order valence-electron chi connectivity index (χ3n) is 5.32. The standard InChI is InChI=1S/C22H34O4/c1-4-5-7-10-17(2)12-13-18-14-15-20(24)22(18,3)16-9-6-8-11-19(23)21(25)26/h5-7,9,12-13,17-19,23H,4,8,10-11,14-16H2,1-3H3,(H,25,26)/t17?,18-,19?,22+/m0/s1. The maximum atomic E-state index is 12.4. The fourth-order valence-electron chi connectivity index (χ4n) is 3.37. The molecule has 1 rings (SSSR count). The van der Waals surface area contributed by atoms with Crippen LogP contribution in [-0.2, 0) is 9.59 Å². The van der Waals surface area contributed by atoms with E-state index in [1.807, 2.05) is 19.1 Å². The summed E-state index contributed by atoms with van der Waals surface area (Å²) in [6, 6.07) is 0. The molecule has 0 heterocycles. The Kier molecular flexibility index (Phi) is 9.57. The first-order valence-electron chi connectivity index (χ1n) is 9.73. The van der Waals surface area contributed by atoms with Crippen LogP contribution < -0.4 is 0 Å². The van der Waals surface area contributed by atoms with Crippen molar-refractivity contribution in [2.75, 3.05) is 0 Å². The molecule has 0 aromatic rings. The number of ketones is 1. The van der Waals surface area contributed by atoms with E-state index in [4.69, 9.17) is 5.11 Å². The number of allylic oxidation sites excluding steroid dienone is 6. The topological polar surface area (TPSA) is 74.6 Å². The van der Waals surface area contributed by atoms with E-state index in [0.29, 0.717) is 31.0 Å². The Morgan fingerprint density at radius 2 is 2.04 bits per heavy atom. The summed E-state index contributed by atoms with van der Waals surface area (Å²) >= 11 is 0. The molecule has 1 fully saturated rings. The minimum Gasteiger partial charge on any atom is -0.479 e. The molecule has 26 heavy (non-hydrogen) atoms. The highest BCUT2D eigenvalue weighted by molar-refractivity contribution is 5.87. The summed E-state index contributed by atoms with van der Waals surface area (Å²) in [6.07, 6.45) is 16.3. The Balaban J connectivity index is 2.58. The van der Waals surface area contributed by atoms with Crippen LogP contribution in [0.15, 0.2) is 36.5 Å². The van der Waals surface area contributed by atoms with Gasteiger partial charge in [0.2, 0.25) is 0 Å². The molecule has 0 aromatic heterocycles. The van der Waals surface area contributed by atoms with Crippen molar-refractivity contribution in [1.29, 1.82) is 0 Å². The van der Waals surface area contributed by atoms with Crippen LogP contribution in [0.5, 0.6) is 0 Å². The summed E-state index contributed by atoms with van der Waals surface area (Å²) in [6.45, 7) is 6.36. The van der Waals surface area contributed by atoms with E-state index in [1.165, 1.54) is 0 Å². The molecule has 2 N–H and O–H groups in total. The number of carbonyl (C=O) groups is 2. The summed E-state index contributed by atoms with van der Waals surface area (Å²) in [5.41, 5.74) is -0.378. The molecule has 1 aliphatic carbocycles. The smallest absolute Gasteiger partial charge is 0.332 e. The highest BCUT2D eigenvalue weighted by Gasteiger charge is 2.43. The number of carbonyl (C=O) groups excluding carboxylic acids is 1. The monoisotopic (exact) mass is 362 g/mol. The van der Waals surface area contributed by atoms with Gasteiger partial charge in [-0.25, -0.2) is 4.79 Å². The minimum atomic E-state index is -1.32. The van der Waals surface area contributed by atoms with Crippen LogP contribution in [-0.4, -0.2) is 28.1 Å². The highest BCUT2D eigenvalue weighted by Crippen LogP contribution is 2.44. The molecule has 4 atom stereocenters. The van der Waals surface area contributed by atoms with Gasteiger partial charge in [-0.1, -0.05) is 57.2 Å². The molecule has 0 aromatic carbocycles. The van der Waals surface area contributed by atoms with Gasteiger partial charge in [0.15, 0.2) is 6.10 Å². The van der Waals surface area contributed by atoms with Crippen LogP contribution in [0.3, 0.4) is 0 Å². The van der Waals surface area contributed by atoms with Gasteiger partial charge >= 0.3 is 5.97 Å². The van der Waals surface area contributed by atoms with E-state index < -0.39 is 12.1 Å². The van der Waals surface area contributed by atoms with Crippen molar-refractivity contribution < 1.29 is 19.8 Å². The van der Waals surface area contributed by atoms with Gasteiger partial charge in [-0.15, -0.1) is 0 Å². The molecule has 1 aliphatic rings. The molecule has 0 bridgehead atoms. The SMILES string of the molecule is CCC=CCC(C)C=C[C@H]1CCC(=O)[C@]1(C)CC=CCCC(O)C(=O)O. The van der Waals surface area contributed by atoms with E-state index in [2.05, 4.69) is 38.2 Å². The van der Waals surface area contributed by atoms with Crippen molar-refractivity contribution in [3.8, 4) is 0 Å². The molecular weight excluding hydrogens is 328 g/mol.